The minimum absolute atomic E-state index is 0.653. The molecule has 4 heteroatoms. The fraction of sp³-hybridized carbons (Fsp3) is 0.143. The van der Waals surface area contributed by atoms with Gasteiger partial charge < -0.3 is 9.47 Å². The van der Waals surface area contributed by atoms with E-state index in [4.69, 9.17) is 32.7 Å². The molecule has 0 heterocycles. The highest BCUT2D eigenvalue weighted by Gasteiger charge is 2.20. The average Bonchev–Trinajstić information content (AvgIpc) is 2.41. The molecule has 0 aliphatic carbocycles. The van der Waals surface area contributed by atoms with E-state index in [-0.39, 0.29) is 0 Å². The number of alkyl halides is 2. The molecule has 0 fully saturated rings. The number of halogens is 2. The van der Waals surface area contributed by atoms with Gasteiger partial charge in [0.05, 0.1) is 0 Å². The van der Waals surface area contributed by atoms with Crippen molar-refractivity contribution in [1.29, 1.82) is 0 Å². The highest BCUT2D eigenvalue weighted by molar-refractivity contribution is 6.28. The van der Waals surface area contributed by atoms with Crippen LogP contribution in [0.3, 0.4) is 0 Å². The van der Waals surface area contributed by atoms with E-state index < -0.39 is 11.1 Å². The largest absolute Gasteiger partial charge is 0.469 e. The normalized spacial score (nSPS) is 13.7. The molecule has 0 spiro atoms. The first-order valence-electron chi connectivity index (χ1n) is 5.47. The Bertz CT molecular complexity index is 416. The maximum Gasteiger partial charge on any atom is 0.222 e. The lowest BCUT2D eigenvalue weighted by Crippen LogP contribution is -2.26. The summed E-state index contributed by atoms with van der Waals surface area (Å²) in [5.41, 5.74) is -1.54. The van der Waals surface area contributed by atoms with Gasteiger partial charge >= 0.3 is 0 Å². The first-order chi connectivity index (χ1) is 8.75. The van der Waals surface area contributed by atoms with Gasteiger partial charge in [0.25, 0.3) is 0 Å². The SMILES string of the molecule is ClC(Oc1ccccc1)C(Cl)Oc1ccccc1. The molecule has 0 saturated carbocycles. The lowest BCUT2D eigenvalue weighted by Gasteiger charge is -2.19. The Morgan fingerprint density at radius 3 is 1.28 bits per heavy atom. The van der Waals surface area contributed by atoms with Gasteiger partial charge in [-0.15, -0.1) is 0 Å². The Hall–Kier alpha value is -1.38. The molecule has 94 valence electrons. The molecule has 0 radical (unpaired) electrons. The van der Waals surface area contributed by atoms with E-state index in [9.17, 15) is 0 Å². The van der Waals surface area contributed by atoms with Gasteiger partial charge in [-0.1, -0.05) is 59.6 Å². The summed E-state index contributed by atoms with van der Waals surface area (Å²) in [5, 5.41) is 0. The Morgan fingerprint density at radius 1 is 0.611 bits per heavy atom. The number of ether oxygens (including phenoxy) is 2. The molecular weight excluding hydrogens is 271 g/mol. The summed E-state index contributed by atoms with van der Waals surface area (Å²) in [6.07, 6.45) is 0. The molecule has 2 unspecified atom stereocenters. The first-order valence-corrected chi connectivity index (χ1v) is 6.34. The van der Waals surface area contributed by atoms with Crippen LogP contribution in [0.1, 0.15) is 0 Å². The highest BCUT2D eigenvalue weighted by Crippen LogP contribution is 2.21. The molecule has 18 heavy (non-hydrogen) atoms. The summed E-state index contributed by atoms with van der Waals surface area (Å²) in [5.74, 6) is 1.31. The van der Waals surface area contributed by atoms with Crippen molar-refractivity contribution in [1.82, 2.24) is 0 Å². The van der Waals surface area contributed by atoms with Crippen LogP contribution in [-0.4, -0.2) is 11.1 Å². The third kappa shape index (κ3) is 3.83. The Kier molecular flexibility index (Phi) is 4.73. The molecule has 0 aliphatic heterocycles. The average molecular weight is 283 g/mol. The van der Waals surface area contributed by atoms with Crippen molar-refractivity contribution in [2.75, 3.05) is 0 Å². The summed E-state index contributed by atoms with van der Waals surface area (Å²) >= 11 is 12.1. The van der Waals surface area contributed by atoms with Crippen LogP contribution in [0.5, 0.6) is 11.5 Å². The summed E-state index contributed by atoms with van der Waals surface area (Å²) in [4.78, 5) is 0. The number of rotatable bonds is 5. The van der Waals surface area contributed by atoms with E-state index in [1.54, 1.807) is 0 Å². The molecule has 0 N–H and O–H groups in total. The van der Waals surface area contributed by atoms with E-state index in [1.165, 1.54) is 0 Å². The predicted molar refractivity (Wildman–Crippen MR) is 73.4 cm³/mol. The smallest absolute Gasteiger partial charge is 0.222 e. The molecule has 2 atom stereocenters. The van der Waals surface area contributed by atoms with Gasteiger partial charge in [-0.3, -0.25) is 0 Å². The van der Waals surface area contributed by atoms with Crippen molar-refractivity contribution in [2.45, 2.75) is 11.1 Å². The topological polar surface area (TPSA) is 18.5 Å². The molecule has 0 aromatic heterocycles. The van der Waals surface area contributed by atoms with Crippen molar-refractivity contribution in [3.05, 3.63) is 60.7 Å². The van der Waals surface area contributed by atoms with Crippen LogP contribution >= 0.6 is 23.2 Å². The van der Waals surface area contributed by atoms with Crippen molar-refractivity contribution in [3.8, 4) is 11.5 Å². The standard InChI is InChI=1S/C14H12Cl2O2/c15-13(17-11-7-3-1-4-8-11)14(16)18-12-9-5-2-6-10-12/h1-10,13-14H. The maximum atomic E-state index is 6.04. The third-order valence-corrected chi connectivity index (χ3v) is 2.95. The summed E-state index contributed by atoms with van der Waals surface area (Å²) in [6.45, 7) is 0. The quantitative estimate of drug-likeness (QED) is 0.763. The molecular formula is C14H12Cl2O2. The van der Waals surface area contributed by atoms with Crippen LogP contribution in [0.4, 0.5) is 0 Å². The van der Waals surface area contributed by atoms with Gasteiger partial charge in [-0.25, -0.2) is 0 Å². The Balaban J connectivity index is 1.91. The molecule has 2 rings (SSSR count). The van der Waals surface area contributed by atoms with Gasteiger partial charge in [0.15, 0.2) is 0 Å². The van der Waals surface area contributed by atoms with Crippen LogP contribution < -0.4 is 9.47 Å². The lowest BCUT2D eigenvalue weighted by molar-refractivity contribution is 0.159. The van der Waals surface area contributed by atoms with Gasteiger partial charge in [0, 0.05) is 0 Å². The molecule has 0 amide bonds. The van der Waals surface area contributed by atoms with E-state index in [0.717, 1.165) is 0 Å². The third-order valence-electron chi connectivity index (χ3n) is 2.19. The van der Waals surface area contributed by atoms with E-state index >= 15 is 0 Å². The van der Waals surface area contributed by atoms with E-state index in [1.807, 2.05) is 60.7 Å². The Labute approximate surface area is 116 Å². The van der Waals surface area contributed by atoms with Gasteiger partial charge in [0.2, 0.25) is 11.1 Å². The molecule has 2 nitrogen and oxygen atoms in total. The van der Waals surface area contributed by atoms with Crippen molar-refractivity contribution < 1.29 is 9.47 Å². The summed E-state index contributed by atoms with van der Waals surface area (Å²) in [6, 6.07) is 18.5. The van der Waals surface area contributed by atoms with Gasteiger partial charge in [-0.05, 0) is 24.3 Å². The monoisotopic (exact) mass is 282 g/mol. The maximum absolute atomic E-state index is 6.04. The fourth-order valence-corrected chi connectivity index (χ4v) is 1.67. The molecule has 2 aromatic rings. The highest BCUT2D eigenvalue weighted by atomic mass is 35.5. The lowest BCUT2D eigenvalue weighted by atomic mass is 10.3. The van der Waals surface area contributed by atoms with Crippen LogP contribution in [0.15, 0.2) is 60.7 Å². The second-order valence-electron chi connectivity index (χ2n) is 3.56. The number of benzene rings is 2. The van der Waals surface area contributed by atoms with E-state index in [2.05, 4.69) is 0 Å². The predicted octanol–water partition coefficient (Wildman–Crippen LogP) is 4.27. The van der Waals surface area contributed by atoms with Crippen LogP contribution in [0.25, 0.3) is 0 Å². The van der Waals surface area contributed by atoms with Crippen molar-refractivity contribution in [2.24, 2.45) is 0 Å². The first kappa shape index (κ1) is 13.1. The number of para-hydroxylation sites is 2. The minimum Gasteiger partial charge on any atom is -0.469 e. The minimum atomic E-state index is -0.769. The van der Waals surface area contributed by atoms with Gasteiger partial charge in [-0.2, -0.15) is 0 Å². The second-order valence-corrected chi connectivity index (χ2v) is 4.42. The van der Waals surface area contributed by atoms with Gasteiger partial charge in [0.1, 0.15) is 11.5 Å². The number of hydrogen-bond acceptors (Lipinski definition) is 2. The summed E-state index contributed by atoms with van der Waals surface area (Å²) < 4.78 is 10.9. The van der Waals surface area contributed by atoms with Crippen LogP contribution in [0, 0.1) is 0 Å². The fourth-order valence-electron chi connectivity index (χ4n) is 1.37. The van der Waals surface area contributed by atoms with Crippen LogP contribution in [0.2, 0.25) is 0 Å². The van der Waals surface area contributed by atoms with Crippen molar-refractivity contribution in [3.63, 3.8) is 0 Å². The molecule has 0 saturated heterocycles. The zero-order chi connectivity index (χ0) is 12.8. The number of hydrogen-bond donors (Lipinski definition) is 0. The second kappa shape index (κ2) is 6.53. The molecule has 0 bridgehead atoms. The van der Waals surface area contributed by atoms with E-state index in [0.29, 0.717) is 11.5 Å². The summed E-state index contributed by atoms with van der Waals surface area (Å²) in [7, 11) is 0. The van der Waals surface area contributed by atoms with Crippen LogP contribution in [-0.2, 0) is 0 Å². The molecule has 2 aromatic carbocycles. The Morgan fingerprint density at radius 2 is 0.944 bits per heavy atom. The zero-order valence-corrected chi connectivity index (χ0v) is 11.0. The van der Waals surface area contributed by atoms with Crippen molar-refractivity contribution >= 4 is 23.2 Å². The molecule has 0 aliphatic rings. The zero-order valence-electron chi connectivity index (χ0n) is 9.50.